The molecule has 1 aliphatic carbocycles. The molecule has 0 aromatic heterocycles. The summed E-state index contributed by atoms with van der Waals surface area (Å²) in [5, 5.41) is 0. The molecule has 2 aromatic rings. The SMILES string of the molecule is COC(=O)c1ccc(CCC(=O)N2CCC(CN(C(=O)OC(C)(C)C)C3CC3c3ccc(F)cc3)CC2)cc1. The third kappa shape index (κ3) is 7.80. The molecular weight excluding hydrogens is 499 g/mol. The first-order valence-corrected chi connectivity index (χ1v) is 13.7. The van der Waals surface area contributed by atoms with Gasteiger partial charge in [0.15, 0.2) is 0 Å². The van der Waals surface area contributed by atoms with Gasteiger partial charge < -0.3 is 19.3 Å². The van der Waals surface area contributed by atoms with E-state index >= 15 is 0 Å². The van der Waals surface area contributed by atoms with Crippen LogP contribution in [0.25, 0.3) is 0 Å². The normalized spacial score (nSPS) is 19.4. The summed E-state index contributed by atoms with van der Waals surface area (Å²) in [6.45, 7) is 7.52. The molecular formula is C31H39FN2O5. The molecule has 2 unspecified atom stereocenters. The van der Waals surface area contributed by atoms with Gasteiger partial charge in [-0.3, -0.25) is 4.79 Å². The van der Waals surface area contributed by atoms with Gasteiger partial charge in [0.05, 0.1) is 12.7 Å². The number of ether oxygens (including phenoxy) is 2. The minimum Gasteiger partial charge on any atom is -0.465 e. The highest BCUT2D eigenvalue weighted by Crippen LogP contribution is 2.45. The Labute approximate surface area is 230 Å². The van der Waals surface area contributed by atoms with Gasteiger partial charge in [-0.1, -0.05) is 24.3 Å². The number of rotatable bonds is 8. The molecule has 7 nitrogen and oxygen atoms in total. The van der Waals surface area contributed by atoms with Crippen molar-refractivity contribution in [1.82, 2.24) is 9.80 Å². The van der Waals surface area contributed by atoms with E-state index < -0.39 is 5.60 Å². The Morgan fingerprint density at radius 1 is 1.00 bits per heavy atom. The quantitative estimate of drug-likeness (QED) is 0.411. The van der Waals surface area contributed by atoms with Crippen molar-refractivity contribution in [3.8, 4) is 0 Å². The number of amides is 2. The highest BCUT2D eigenvalue weighted by molar-refractivity contribution is 5.89. The van der Waals surface area contributed by atoms with Crippen LogP contribution in [-0.2, 0) is 20.7 Å². The predicted octanol–water partition coefficient (Wildman–Crippen LogP) is 5.58. The van der Waals surface area contributed by atoms with Gasteiger partial charge in [0, 0.05) is 38.0 Å². The third-order valence-electron chi connectivity index (χ3n) is 7.51. The second-order valence-corrected chi connectivity index (χ2v) is 11.6. The van der Waals surface area contributed by atoms with Gasteiger partial charge in [0.25, 0.3) is 0 Å². The maximum Gasteiger partial charge on any atom is 0.410 e. The Bertz CT molecular complexity index is 1150. The lowest BCUT2D eigenvalue weighted by Crippen LogP contribution is -2.45. The average Bonchev–Trinajstić information content (AvgIpc) is 3.70. The van der Waals surface area contributed by atoms with Crippen molar-refractivity contribution >= 4 is 18.0 Å². The Kier molecular flexibility index (Phi) is 8.93. The van der Waals surface area contributed by atoms with E-state index in [0.717, 1.165) is 30.4 Å². The molecule has 8 heteroatoms. The number of nitrogens with zero attached hydrogens (tertiary/aromatic N) is 2. The molecule has 2 fully saturated rings. The summed E-state index contributed by atoms with van der Waals surface area (Å²) in [5.74, 6) is -0.0625. The number of methoxy groups -OCH3 is 1. The Morgan fingerprint density at radius 2 is 1.64 bits per heavy atom. The van der Waals surface area contributed by atoms with Crippen LogP contribution >= 0.6 is 0 Å². The Morgan fingerprint density at radius 3 is 2.23 bits per heavy atom. The molecule has 0 spiro atoms. The van der Waals surface area contributed by atoms with Crippen molar-refractivity contribution in [2.24, 2.45) is 5.92 Å². The van der Waals surface area contributed by atoms with E-state index in [-0.39, 0.29) is 41.7 Å². The molecule has 210 valence electrons. The first-order valence-electron chi connectivity index (χ1n) is 13.7. The number of carbonyl (C=O) groups is 3. The number of carbonyl (C=O) groups excluding carboxylic acids is 3. The van der Waals surface area contributed by atoms with E-state index in [0.29, 0.717) is 38.0 Å². The number of likely N-dealkylation sites (tertiary alicyclic amines) is 1. The van der Waals surface area contributed by atoms with Crippen molar-refractivity contribution < 1.29 is 28.2 Å². The minimum atomic E-state index is -0.592. The number of aryl methyl sites for hydroxylation is 1. The monoisotopic (exact) mass is 538 g/mol. The predicted molar refractivity (Wildman–Crippen MR) is 146 cm³/mol. The standard InChI is InChI=1S/C31H39FN2O5/c1-31(2,3)39-30(37)34(27-19-26(27)23-10-12-25(32)13-11-23)20-22-15-17-33(18-16-22)28(35)14-7-21-5-8-24(9-6-21)29(36)38-4/h5-6,8-13,22,26-27H,7,14-20H2,1-4H3. The van der Waals surface area contributed by atoms with Crippen LogP contribution in [0, 0.1) is 11.7 Å². The second kappa shape index (κ2) is 12.2. The summed E-state index contributed by atoms with van der Waals surface area (Å²) in [6, 6.07) is 13.7. The molecule has 39 heavy (non-hydrogen) atoms. The van der Waals surface area contributed by atoms with Crippen LogP contribution < -0.4 is 0 Å². The summed E-state index contributed by atoms with van der Waals surface area (Å²) in [5.41, 5.74) is 1.94. The van der Waals surface area contributed by atoms with Gasteiger partial charge in [0.2, 0.25) is 5.91 Å². The Balaban J connectivity index is 1.29. The van der Waals surface area contributed by atoms with Crippen LogP contribution in [-0.4, -0.2) is 66.2 Å². The van der Waals surface area contributed by atoms with Gasteiger partial charge in [-0.2, -0.15) is 0 Å². The van der Waals surface area contributed by atoms with Gasteiger partial charge in [-0.15, -0.1) is 0 Å². The van der Waals surface area contributed by atoms with Crippen molar-refractivity contribution in [3.63, 3.8) is 0 Å². The number of halogens is 1. The summed E-state index contributed by atoms with van der Waals surface area (Å²) in [7, 11) is 1.35. The van der Waals surface area contributed by atoms with Crippen LogP contribution in [0.3, 0.4) is 0 Å². The van der Waals surface area contributed by atoms with E-state index in [9.17, 15) is 18.8 Å². The fraction of sp³-hybridized carbons (Fsp3) is 0.516. The largest absolute Gasteiger partial charge is 0.465 e. The molecule has 2 amide bonds. The number of hydrogen-bond donors (Lipinski definition) is 0. The van der Waals surface area contributed by atoms with E-state index in [1.165, 1.54) is 19.2 Å². The number of esters is 1. The highest BCUT2D eigenvalue weighted by atomic mass is 19.1. The second-order valence-electron chi connectivity index (χ2n) is 11.6. The molecule has 0 N–H and O–H groups in total. The smallest absolute Gasteiger partial charge is 0.410 e. The maximum absolute atomic E-state index is 13.4. The maximum atomic E-state index is 13.4. The molecule has 1 saturated heterocycles. The zero-order chi connectivity index (χ0) is 28.2. The first-order chi connectivity index (χ1) is 18.5. The van der Waals surface area contributed by atoms with Crippen LogP contribution in [0.15, 0.2) is 48.5 Å². The molecule has 1 aliphatic heterocycles. The lowest BCUT2D eigenvalue weighted by molar-refractivity contribution is -0.132. The lowest BCUT2D eigenvalue weighted by Gasteiger charge is -2.36. The third-order valence-corrected chi connectivity index (χ3v) is 7.51. The fourth-order valence-corrected chi connectivity index (χ4v) is 5.24. The molecule has 0 bridgehead atoms. The van der Waals surface area contributed by atoms with Gasteiger partial charge in [-0.05, 0) is 87.8 Å². The minimum absolute atomic E-state index is 0.0375. The molecule has 2 atom stereocenters. The number of benzene rings is 2. The molecule has 2 aliphatic rings. The number of piperidine rings is 1. The van der Waals surface area contributed by atoms with Crippen molar-refractivity contribution in [2.45, 2.75) is 70.4 Å². The van der Waals surface area contributed by atoms with Crippen molar-refractivity contribution in [1.29, 1.82) is 0 Å². The van der Waals surface area contributed by atoms with Crippen LogP contribution in [0.2, 0.25) is 0 Å². The zero-order valence-corrected chi connectivity index (χ0v) is 23.3. The van der Waals surface area contributed by atoms with E-state index in [2.05, 4.69) is 0 Å². The molecule has 4 rings (SSSR count). The zero-order valence-electron chi connectivity index (χ0n) is 23.3. The fourth-order valence-electron chi connectivity index (χ4n) is 5.24. The van der Waals surface area contributed by atoms with Crippen molar-refractivity contribution in [2.75, 3.05) is 26.7 Å². The first kappa shape index (κ1) is 28.6. The van der Waals surface area contributed by atoms with Gasteiger partial charge in [0.1, 0.15) is 11.4 Å². The molecule has 0 radical (unpaired) electrons. The number of hydrogen-bond acceptors (Lipinski definition) is 5. The summed E-state index contributed by atoms with van der Waals surface area (Å²) in [6.07, 6.45) is 3.20. The van der Waals surface area contributed by atoms with Gasteiger partial charge in [-0.25, -0.2) is 14.0 Å². The average molecular weight is 539 g/mol. The van der Waals surface area contributed by atoms with E-state index in [1.807, 2.05) is 42.7 Å². The summed E-state index contributed by atoms with van der Waals surface area (Å²) in [4.78, 5) is 41.4. The molecule has 2 aromatic carbocycles. The molecule has 1 heterocycles. The highest BCUT2D eigenvalue weighted by Gasteiger charge is 2.46. The van der Waals surface area contributed by atoms with Crippen LogP contribution in [0.1, 0.15) is 73.9 Å². The Hall–Kier alpha value is -3.42. The van der Waals surface area contributed by atoms with E-state index in [4.69, 9.17) is 9.47 Å². The summed E-state index contributed by atoms with van der Waals surface area (Å²) >= 11 is 0. The van der Waals surface area contributed by atoms with Crippen molar-refractivity contribution in [3.05, 3.63) is 71.0 Å². The lowest BCUT2D eigenvalue weighted by atomic mass is 9.95. The molecule has 1 saturated carbocycles. The van der Waals surface area contributed by atoms with Crippen LogP contribution in [0.4, 0.5) is 9.18 Å². The summed E-state index contributed by atoms with van der Waals surface area (Å²) < 4.78 is 23.9. The van der Waals surface area contributed by atoms with Gasteiger partial charge >= 0.3 is 12.1 Å². The van der Waals surface area contributed by atoms with E-state index in [1.54, 1.807) is 24.3 Å². The van der Waals surface area contributed by atoms with Crippen LogP contribution in [0.5, 0.6) is 0 Å². The topological polar surface area (TPSA) is 76.2 Å².